The van der Waals surface area contributed by atoms with Crippen molar-refractivity contribution in [3.05, 3.63) is 35.9 Å². The van der Waals surface area contributed by atoms with Gasteiger partial charge >= 0.3 is 5.97 Å². The summed E-state index contributed by atoms with van der Waals surface area (Å²) in [5.41, 5.74) is 1.12. The smallest absolute Gasteiger partial charge is 0.303 e. The molecule has 52 heavy (non-hydrogen) atoms. The number of carbonyl (C=O) groups is 1. The third-order valence-electron chi connectivity index (χ3n) is 12.6. The summed E-state index contributed by atoms with van der Waals surface area (Å²) in [6.45, 7) is 22.5. The van der Waals surface area contributed by atoms with Gasteiger partial charge in [0.05, 0.1) is 49.8 Å². The van der Waals surface area contributed by atoms with Crippen LogP contribution >= 0.6 is 0 Å². The molecule has 0 amide bonds. The molecular formula is C40H64O12. The molecule has 0 spiro atoms. The van der Waals surface area contributed by atoms with Crippen molar-refractivity contribution in [2.45, 2.75) is 163 Å². The van der Waals surface area contributed by atoms with Crippen LogP contribution in [0.25, 0.3) is 0 Å². The van der Waals surface area contributed by atoms with Crippen LogP contribution in [-0.4, -0.2) is 103 Å². The zero-order valence-electron chi connectivity index (χ0n) is 32.8. The molecular weight excluding hydrogens is 672 g/mol. The van der Waals surface area contributed by atoms with E-state index < -0.39 is 61.6 Å². The second-order valence-corrected chi connectivity index (χ2v) is 16.1. The van der Waals surface area contributed by atoms with Gasteiger partial charge in [0.25, 0.3) is 0 Å². The van der Waals surface area contributed by atoms with Crippen molar-refractivity contribution >= 4 is 5.97 Å². The molecule has 0 aromatic heterocycles. The van der Waals surface area contributed by atoms with Crippen LogP contribution in [0.5, 0.6) is 0 Å². The van der Waals surface area contributed by atoms with Gasteiger partial charge in [-0.25, -0.2) is 0 Å². The van der Waals surface area contributed by atoms with E-state index in [4.69, 9.17) is 42.6 Å². The normalized spacial score (nSPS) is 47.2. The molecule has 4 aliphatic heterocycles. The monoisotopic (exact) mass is 736 g/mol. The van der Waals surface area contributed by atoms with E-state index in [9.17, 15) is 15.0 Å². The fourth-order valence-electron chi connectivity index (χ4n) is 8.00. The highest BCUT2D eigenvalue weighted by Crippen LogP contribution is 2.42. The molecule has 4 saturated heterocycles. The van der Waals surface area contributed by atoms with Crippen molar-refractivity contribution in [1.82, 2.24) is 0 Å². The SMILES string of the molecule is CC(=O)OC1C(O)OC(C)[C@H](C)[C@@H]1O[C@@H]1OC(C)[C@H](C)[C@H](O)C1O[C@@H]1OC(C)[C@H](C)[C@H](O[C@H]2O[C@@H](COCc3ccccc3)[C@@H](C)C(C)C2C)C1C. The maximum absolute atomic E-state index is 12.0. The van der Waals surface area contributed by atoms with Gasteiger partial charge in [0.15, 0.2) is 31.3 Å². The quantitative estimate of drug-likeness (QED) is 0.294. The van der Waals surface area contributed by atoms with Gasteiger partial charge < -0.3 is 52.8 Å². The van der Waals surface area contributed by atoms with Crippen LogP contribution in [0.4, 0.5) is 0 Å². The summed E-state index contributed by atoms with van der Waals surface area (Å²) in [5, 5.41) is 22.4. The number of aliphatic hydroxyl groups excluding tert-OH is 2. The maximum Gasteiger partial charge on any atom is 0.303 e. The summed E-state index contributed by atoms with van der Waals surface area (Å²) in [4.78, 5) is 12.0. The lowest BCUT2D eigenvalue weighted by Gasteiger charge is -2.51. The summed E-state index contributed by atoms with van der Waals surface area (Å²) in [5.74, 6) is -0.646. The Morgan fingerprint density at radius 2 is 1.15 bits per heavy atom. The molecule has 0 saturated carbocycles. The van der Waals surface area contributed by atoms with Crippen LogP contribution in [0.3, 0.4) is 0 Å². The van der Waals surface area contributed by atoms with Gasteiger partial charge in [0.1, 0.15) is 12.2 Å². The van der Waals surface area contributed by atoms with Crippen LogP contribution in [0.1, 0.15) is 81.7 Å². The fourth-order valence-corrected chi connectivity index (χ4v) is 8.00. The van der Waals surface area contributed by atoms with Gasteiger partial charge in [-0.1, -0.05) is 78.8 Å². The summed E-state index contributed by atoms with van der Waals surface area (Å²) in [7, 11) is 0. The minimum Gasteiger partial charge on any atom is -0.454 e. The number of carbonyl (C=O) groups excluding carboxylic acids is 1. The maximum atomic E-state index is 12.0. The highest BCUT2D eigenvalue weighted by Gasteiger charge is 2.53. The first-order valence-electron chi connectivity index (χ1n) is 19.3. The van der Waals surface area contributed by atoms with Gasteiger partial charge in [-0.3, -0.25) is 4.79 Å². The van der Waals surface area contributed by atoms with E-state index in [0.29, 0.717) is 19.1 Å². The molecule has 1 aromatic rings. The molecule has 12 nitrogen and oxygen atoms in total. The highest BCUT2D eigenvalue weighted by molar-refractivity contribution is 5.66. The van der Waals surface area contributed by atoms with Crippen molar-refractivity contribution < 1.29 is 57.6 Å². The van der Waals surface area contributed by atoms with E-state index in [1.54, 1.807) is 0 Å². The highest BCUT2D eigenvalue weighted by atomic mass is 16.8. The summed E-state index contributed by atoms with van der Waals surface area (Å²) >= 11 is 0. The van der Waals surface area contributed by atoms with Gasteiger partial charge in [-0.2, -0.15) is 0 Å². The first kappa shape index (κ1) is 41.5. The van der Waals surface area contributed by atoms with Gasteiger partial charge in [-0.05, 0) is 38.2 Å². The molecule has 0 radical (unpaired) electrons. The second-order valence-electron chi connectivity index (χ2n) is 16.1. The zero-order chi connectivity index (χ0) is 38.0. The van der Waals surface area contributed by atoms with Crippen LogP contribution in [0.2, 0.25) is 0 Å². The molecule has 0 bridgehead atoms. The third kappa shape index (κ3) is 9.21. The molecule has 0 aliphatic carbocycles. The number of rotatable bonds is 11. The van der Waals surface area contributed by atoms with Crippen LogP contribution in [0, 0.1) is 41.4 Å². The minimum atomic E-state index is -1.39. The predicted octanol–water partition coefficient (Wildman–Crippen LogP) is 5.06. The topological polar surface area (TPSA) is 141 Å². The van der Waals surface area contributed by atoms with Crippen molar-refractivity contribution in [3.63, 3.8) is 0 Å². The number of esters is 1. The van der Waals surface area contributed by atoms with Crippen LogP contribution < -0.4 is 0 Å². The Morgan fingerprint density at radius 1 is 0.596 bits per heavy atom. The average Bonchev–Trinajstić information content (AvgIpc) is 3.10. The summed E-state index contributed by atoms with van der Waals surface area (Å²) < 4.78 is 56.9. The molecule has 12 heteroatoms. The first-order chi connectivity index (χ1) is 24.6. The number of hydrogen-bond acceptors (Lipinski definition) is 12. The van der Waals surface area contributed by atoms with Crippen LogP contribution in [0.15, 0.2) is 30.3 Å². The summed E-state index contributed by atoms with van der Waals surface area (Å²) in [6.07, 6.45) is -8.93. The van der Waals surface area contributed by atoms with Crippen molar-refractivity contribution in [2.24, 2.45) is 41.4 Å². The fraction of sp³-hybridized carbons (Fsp3) is 0.825. The van der Waals surface area contributed by atoms with Gasteiger partial charge in [-0.15, -0.1) is 0 Å². The molecule has 4 aliphatic rings. The number of ether oxygens (including phenoxy) is 9. The Hall–Kier alpha value is -1.71. The van der Waals surface area contributed by atoms with Crippen molar-refractivity contribution in [1.29, 1.82) is 0 Å². The lowest BCUT2D eigenvalue weighted by Crippen LogP contribution is -2.62. The molecule has 296 valence electrons. The van der Waals surface area contributed by atoms with E-state index in [0.717, 1.165) is 5.56 Å². The summed E-state index contributed by atoms with van der Waals surface area (Å²) in [6, 6.07) is 10.1. The Morgan fingerprint density at radius 3 is 1.83 bits per heavy atom. The number of hydrogen-bond donors (Lipinski definition) is 2. The molecule has 4 heterocycles. The van der Waals surface area contributed by atoms with E-state index in [-0.39, 0.29) is 59.9 Å². The zero-order valence-corrected chi connectivity index (χ0v) is 32.8. The standard InChI is InChI=1S/C40H64O12/c1-19-20(2)31(18-44-17-30-15-13-12-14-16-30)49-38(21(19)3)50-33-23(5)28(10)46-39(25(33)7)52-35-32(42)22(4)26(8)47-40(35)51-34-24(6)27(9)45-37(43)36(34)48-29(11)41/h12-16,19-28,31-40,42-43H,17-18H2,1-11H3/t19?,20-,21?,22-,23-,24-,25?,26?,27?,28?,31-,32-,33-,34-,35?,36?,37?,38+,39-,40-/m0/s1. The van der Waals surface area contributed by atoms with E-state index in [1.165, 1.54) is 6.92 Å². The largest absolute Gasteiger partial charge is 0.454 e. The van der Waals surface area contributed by atoms with Crippen molar-refractivity contribution in [2.75, 3.05) is 6.61 Å². The Bertz CT molecular complexity index is 1270. The average molecular weight is 737 g/mol. The molecule has 1 aromatic carbocycles. The Balaban J connectivity index is 1.31. The lowest BCUT2D eigenvalue weighted by atomic mass is 9.78. The Labute approximate surface area is 310 Å². The molecule has 5 rings (SSSR count). The van der Waals surface area contributed by atoms with Gasteiger partial charge in [0, 0.05) is 36.5 Å². The molecule has 20 atom stereocenters. The third-order valence-corrected chi connectivity index (χ3v) is 12.6. The number of aliphatic hydroxyl groups is 2. The van der Waals surface area contributed by atoms with E-state index in [2.05, 4.69) is 39.8 Å². The predicted molar refractivity (Wildman–Crippen MR) is 190 cm³/mol. The Kier molecular flexibility index (Phi) is 14.2. The van der Waals surface area contributed by atoms with Crippen LogP contribution in [-0.2, 0) is 54.0 Å². The molecule has 2 N–H and O–H groups in total. The van der Waals surface area contributed by atoms with Gasteiger partial charge in [0.2, 0.25) is 0 Å². The second kappa shape index (κ2) is 17.8. The van der Waals surface area contributed by atoms with Crippen molar-refractivity contribution in [3.8, 4) is 0 Å². The number of benzene rings is 1. The molecule has 4 fully saturated rings. The minimum absolute atomic E-state index is 0.0159. The lowest BCUT2D eigenvalue weighted by molar-refractivity contribution is -0.376. The van der Waals surface area contributed by atoms with E-state index in [1.807, 2.05) is 59.7 Å². The molecule has 9 unspecified atom stereocenters. The first-order valence-corrected chi connectivity index (χ1v) is 19.3. The van der Waals surface area contributed by atoms with E-state index >= 15 is 0 Å².